The van der Waals surface area contributed by atoms with Crippen molar-refractivity contribution in [1.29, 1.82) is 5.26 Å². The maximum Gasteiger partial charge on any atom is 0.202 e. The largest absolute Gasteiger partial charge is 0.310 e. The van der Waals surface area contributed by atoms with Crippen molar-refractivity contribution in [3.8, 4) is 6.07 Å². The smallest absolute Gasteiger partial charge is 0.202 e. The van der Waals surface area contributed by atoms with Gasteiger partial charge in [-0.1, -0.05) is 103 Å². The molecule has 0 aromatic heterocycles. The molecule has 0 spiro atoms. The molecule has 0 amide bonds. The van der Waals surface area contributed by atoms with E-state index in [1.807, 2.05) is 36.4 Å². The highest BCUT2D eigenvalue weighted by Crippen LogP contribution is 2.39. The highest BCUT2D eigenvalue weighted by Gasteiger charge is 2.15. The number of anilines is 3. The minimum Gasteiger partial charge on any atom is -0.310 e. The lowest BCUT2D eigenvalue weighted by atomic mass is 9.99. The monoisotopic (exact) mass is 511 g/mol. The van der Waals surface area contributed by atoms with Crippen molar-refractivity contribution in [2.75, 3.05) is 4.90 Å². The molecule has 6 rings (SSSR count). The van der Waals surface area contributed by atoms with Gasteiger partial charge in [0.25, 0.3) is 0 Å². The highest BCUT2D eigenvalue weighted by molar-refractivity contribution is 6.02. The van der Waals surface area contributed by atoms with Crippen LogP contribution in [0.3, 0.4) is 0 Å². The van der Waals surface area contributed by atoms with E-state index in [0.717, 1.165) is 39.0 Å². The van der Waals surface area contributed by atoms with Gasteiger partial charge in [0.2, 0.25) is 5.69 Å². The summed E-state index contributed by atoms with van der Waals surface area (Å²) in [7, 11) is 0. The van der Waals surface area contributed by atoms with Crippen LogP contribution < -0.4 is 4.90 Å². The Morgan fingerprint density at radius 2 is 1.35 bits per heavy atom. The number of nitrogens with zero attached hydrogens (tertiary/aromatic N) is 3. The van der Waals surface area contributed by atoms with E-state index in [0.29, 0.717) is 11.3 Å². The van der Waals surface area contributed by atoms with E-state index in [4.69, 9.17) is 6.57 Å². The number of fused-ring (bicyclic) bond motifs is 2. The average Bonchev–Trinajstić information content (AvgIpc) is 3.01. The van der Waals surface area contributed by atoms with E-state index in [2.05, 4.69) is 114 Å². The Morgan fingerprint density at radius 1 is 0.675 bits per heavy atom. The molecular weight excluding hydrogens is 486 g/mol. The molecule has 0 fully saturated rings. The van der Waals surface area contributed by atoms with Crippen LogP contribution in [-0.4, -0.2) is 0 Å². The first-order valence-electron chi connectivity index (χ1n) is 13.1. The summed E-state index contributed by atoms with van der Waals surface area (Å²) in [6.07, 6.45) is 4.01. The van der Waals surface area contributed by atoms with Gasteiger partial charge in [0.05, 0.1) is 23.9 Å². The number of rotatable bonds is 5. The molecule has 0 aliphatic rings. The van der Waals surface area contributed by atoms with Gasteiger partial charge in [0, 0.05) is 16.8 Å². The number of aryl methyl sites for hydroxylation is 1. The molecule has 3 heteroatoms. The zero-order chi connectivity index (χ0) is 27.5. The quantitative estimate of drug-likeness (QED) is 0.170. The van der Waals surface area contributed by atoms with Crippen molar-refractivity contribution in [2.24, 2.45) is 0 Å². The summed E-state index contributed by atoms with van der Waals surface area (Å²) in [4.78, 5) is 6.10. The molecule has 0 saturated carbocycles. The van der Waals surface area contributed by atoms with Gasteiger partial charge in [-0.3, -0.25) is 0 Å². The number of hydrogen-bond donors (Lipinski definition) is 0. The number of nitriles is 1. The van der Waals surface area contributed by atoms with Gasteiger partial charge in [0.1, 0.15) is 0 Å². The molecule has 6 aromatic rings. The summed E-state index contributed by atoms with van der Waals surface area (Å²) in [5.41, 5.74) is 7.51. The van der Waals surface area contributed by atoms with Gasteiger partial charge in [-0.05, 0) is 70.6 Å². The van der Waals surface area contributed by atoms with Crippen molar-refractivity contribution < 1.29 is 0 Å². The summed E-state index contributed by atoms with van der Waals surface area (Å²) >= 11 is 0. The first-order chi connectivity index (χ1) is 19.7. The molecule has 3 nitrogen and oxygen atoms in total. The van der Waals surface area contributed by atoms with Crippen LogP contribution in [0.5, 0.6) is 0 Å². The summed E-state index contributed by atoms with van der Waals surface area (Å²) in [5.74, 6) is 0. The van der Waals surface area contributed by atoms with Gasteiger partial charge >= 0.3 is 0 Å². The summed E-state index contributed by atoms with van der Waals surface area (Å²) in [5, 5.41) is 13.4. The maximum absolute atomic E-state index is 9.45. The highest BCUT2D eigenvalue weighted by atomic mass is 15.1. The van der Waals surface area contributed by atoms with Gasteiger partial charge in [-0.25, -0.2) is 4.85 Å². The topological polar surface area (TPSA) is 31.4 Å². The predicted molar refractivity (Wildman–Crippen MR) is 167 cm³/mol. The second-order valence-corrected chi connectivity index (χ2v) is 9.72. The van der Waals surface area contributed by atoms with Gasteiger partial charge in [0.15, 0.2) is 0 Å². The molecule has 6 aromatic carbocycles. The van der Waals surface area contributed by atoms with E-state index in [1.54, 1.807) is 6.07 Å². The fourth-order valence-electron chi connectivity index (χ4n) is 5.16. The molecule has 0 radical (unpaired) electrons. The molecule has 40 heavy (non-hydrogen) atoms. The van der Waals surface area contributed by atoms with Crippen LogP contribution >= 0.6 is 0 Å². The van der Waals surface area contributed by atoms with Gasteiger partial charge in [-0.15, -0.1) is 0 Å². The molecule has 0 aliphatic heterocycles. The lowest BCUT2D eigenvalue weighted by Crippen LogP contribution is -2.10. The fourth-order valence-corrected chi connectivity index (χ4v) is 5.16. The van der Waals surface area contributed by atoms with E-state index in [9.17, 15) is 5.26 Å². The average molecular weight is 512 g/mol. The molecule has 0 N–H and O–H groups in total. The van der Waals surface area contributed by atoms with E-state index in [1.165, 1.54) is 16.3 Å². The standard InChI is InChI=1S/C37H25N3/c1-26-13-20-31(21-14-26)40(36-12-6-8-28-7-3-4-10-34(28)36)32-22-16-27(17-23-32)15-18-29-19-24-33-30(25-38)9-5-11-35(33)37(29)39-2/h3-24H,1H3. The molecule has 0 aliphatic carbocycles. The Hall–Kier alpha value is -5.64. The third-order valence-corrected chi connectivity index (χ3v) is 7.20. The first kappa shape index (κ1) is 24.7. The van der Waals surface area contributed by atoms with Crippen molar-refractivity contribution >= 4 is 56.4 Å². The van der Waals surface area contributed by atoms with Crippen molar-refractivity contribution in [2.45, 2.75) is 6.92 Å². The molecule has 0 atom stereocenters. The Balaban J connectivity index is 1.38. The van der Waals surface area contributed by atoms with Crippen LogP contribution in [-0.2, 0) is 0 Å². The van der Waals surface area contributed by atoms with Crippen LogP contribution in [0.15, 0.2) is 121 Å². The third kappa shape index (κ3) is 4.58. The molecule has 0 saturated heterocycles. The molecule has 0 heterocycles. The minimum absolute atomic E-state index is 0.559. The number of hydrogen-bond acceptors (Lipinski definition) is 2. The van der Waals surface area contributed by atoms with Crippen LogP contribution in [0.25, 0.3) is 38.5 Å². The summed E-state index contributed by atoms with van der Waals surface area (Å²) in [6.45, 7) is 9.89. The van der Waals surface area contributed by atoms with E-state index in [-0.39, 0.29) is 0 Å². The minimum atomic E-state index is 0.559. The third-order valence-electron chi connectivity index (χ3n) is 7.20. The van der Waals surface area contributed by atoms with Gasteiger partial charge < -0.3 is 4.90 Å². The zero-order valence-corrected chi connectivity index (χ0v) is 22.0. The first-order valence-corrected chi connectivity index (χ1v) is 13.1. The Kier molecular flexibility index (Phi) is 6.55. The molecular formula is C37H25N3. The summed E-state index contributed by atoms with van der Waals surface area (Å²) < 4.78 is 0. The SMILES string of the molecule is [C-]#[N+]c1c(C=Cc2ccc(N(c3ccc(C)cc3)c3cccc4ccccc34)cc2)ccc2c(C#N)cccc12. The van der Waals surface area contributed by atoms with Crippen LogP contribution in [0, 0.1) is 24.8 Å². The Labute approximate surface area is 234 Å². The Morgan fingerprint density at radius 3 is 2.10 bits per heavy atom. The van der Waals surface area contributed by atoms with Crippen LogP contribution in [0.1, 0.15) is 22.3 Å². The lowest BCUT2D eigenvalue weighted by Gasteiger charge is -2.27. The maximum atomic E-state index is 9.45. The van der Waals surface area contributed by atoms with Crippen molar-refractivity contribution in [3.05, 3.63) is 155 Å². The second-order valence-electron chi connectivity index (χ2n) is 9.72. The summed E-state index contributed by atoms with van der Waals surface area (Å²) in [6, 6.07) is 43.5. The molecule has 188 valence electrons. The van der Waals surface area contributed by atoms with Crippen molar-refractivity contribution in [1.82, 2.24) is 0 Å². The van der Waals surface area contributed by atoms with Gasteiger partial charge in [-0.2, -0.15) is 5.26 Å². The van der Waals surface area contributed by atoms with Crippen molar-refractivity contribution in [3.63, 3.8) is 0 Å². The van der Waals surface area contributed by atoms with Crippen LogP contribution in [0.4, 0.5) is 22.7 Å². The predicted octanol–water partition coefficient (Wildman–Crippen LogP) is 10.4. The normalized spacial score (nSPS) is 11.0. The van der Waals surface area contributed by atoms with E-state index < -0.39 is 0 Å². The fraction of sp³-hybridized carbons (Fsp3) is 0.0270. The molecule has 0 unspecified atom stereocenters. The molecule has 0 bridgehead atoms. The lowest BCUT2D eigenvalue weighted by molar-refractivity contribution is 1.29. The van der Waals surface area contributed by atoms with E-state index >= 15 is 0 Å². The van der Waals surface area contributed by atoms with Crippen LogP contribution in [0.2, 0.25) is 0 Å². The second kappa shape index (κ2) is 10.6. The Bertz CT molecular complexity index is 1960. The number of benzene rings is 6. The zero-order valence-electron chi connectivity index (χ0n) is 22.0.